The molecule has 0 saturated heterocycles. The third-order valence-electron chi connectivity index (χ3n) is 0. The van der Waals surface area contributed by atoms with Crippen LogP contribution >= 0.6 is 0 Å². The Balaban J connectivity index is -0.0000000184. The zero-order chi connectivity index (χ0) is 10.7. The van der Waals surface area contributed by atoms with E-state index in [0.717, 1.165) is 0 Å². The largest absolute Gasteiger partial charge is 3.00 e. The van der Waals surface area contributed by atoms with Crippen LogP contribution in [0.4, 0.5) is 0 Å². The minimum atomic E-state index is -2.92. The van der Waals surface area contributed by atoms with Crippen LogP contribution in [0.2, 0.25) is 0 Å². The molecule has 0 aromatic carbocycles. The van der Waals surface area contributed by atoms with Crippen molar-refractivity contribution in [1.82, 2.24) is 0 Å². The van der Waals surface area contributed by atoms with Gasteiger partial charge in [0.15, 0.2) is 0 Å². The number of rotatable bonds is 0. The third-order valence-corrected chi connectivity index (χ3v) is 0. The van der Waals surface area contributed by atoms with E-state index >= 15 is 0 Å². The van der Waals surface area contributed by atoms with Crippen molar-refractivity contribution >= 4 is 73.3 Å². The topological polar surface area (TPSA) is 196 Å². The molecule has 0 radical (unpaired) electrons. The first-order valence-electron chi connectivity index (χ1n) is 2.21. The molecule has 0 bridgehead atoms. The van der Waals surface area contributed by atoms with Crippen LogP contribution in [0.15, 0.2) is 0 Å². The molecule has 0 saturated carbocycles. The van der Waals surface area contributed by atoms with E-state index in [-0.39, 0.29) is 51.4 Å². The Morgan fingerprint density at radius 2 is 0.733 bits per heavy atom. The predicted octanol–water partition coefficient (Wildman–Crippen LogP) is -11.5. The Morgan fingerprint density at radius 3 is 0.733 bits per heavy atom. The van der Waals surface area contributed by atoms with Gasteiger partial charge in [-0.25, -0.2) is 0 Å². The second-order valence-electron chi connectivity index (χ2n) is 0.942. The van der Waals surface area contributed by atoms with Crippen molar-refractivity contribution in [3.63, 3.8) is 0 Å². The molecular formula is H8AlB3MgO9Si. The van der Waals surface area contributed by atoms with Crippen LogP contribution in [0, 0.1) is 0 Å². The van der Waals surface area contributed by atoms with E-state index in [1.54, 1.807) is 0 Å². The van der Waals surface area contributed by atoms with Gasteiger partial charge in [-0.15, -0.1) is 0 Å². The fraction of sp³-hybridized carbons (Fsp3) is 0. The average molecular weight is 264 g/mol. The van der Waals surface area contributed by atoms with Crippen molar-refractivity contribution in [2.75, 3.05) is 0 Å². The number of hydrogen-bond donors (Lipinski definition) is 4. The summed E-state index contributed by atoms with van der Waals surface area (Å²) in [5.74, 6) is 0. The molecule has 80 valence electrons. The van der Waals surface area contributed by atoms with Gasteiger partial charge in [-0.05, 0) is 11.0 Å². The molecular weight excluding hydrogens is 256 g/mol. The molecule has 0 spiro atoms. The van der Waals surface area contributed by atoms with Crippen molar-refractivity contribution in [1.29, 1.82) is 0 Å². The molecule has 0 amide bonds. The average Bonchev–Trinajstić information content (AvgIpc) is 1.54. The van der Waals surface area contributed by atoms with E-state index < -0.39 is 22.0 Å². The molecule has 0 atom stereocenters. The Bertz CT molecular complexity index is 53.8. The first-order chi connectivity index (χ1) is 5.20. The fourth-order valence-corrected chi connectivity index (χ4v) is 0. The van der Waals surface area contributed by atoms with Crippen LogP contribution in [0.3, 0.4) is 0 Å². The van der Waals surface area contributed by atoms with Gasteiger partial charge in [0.25, 0.3) is 0 Å². The molecule has 4 N–H and O–H groups in total. The Labute approximate surface area is 118 Å². The summed E-state index contributed by atoms with van der Waals surface area (Å²) in [6.45, 7) is 0. The molecule has 0 aliphatic rings. The molecule has 0 unspecified atom stereocenters. The van der Waals surface area contributed by atoms with Crippen molar-refractivity contribution < 1.29 is 45.2 Å². The smallest absolute Gasteiger partial charge is 0.907 e. The van der Waals surface area contributed by atoms with E-state index in [0.29, 0.717) is 0 Å². The SMILES string of the molecule is OB(O)O.[Al+3].[Mg+2].[O-]B([O-])O.[O-]B([O-])[O-].[SiH4]. The summed E-state index contributed by atoms with van der Waals surface area (Å²) in [6, 6.07) is 0. The number of hydrogen-bond acceptors (Lipinski definition) is 9. The van der Waals surface area contributed by atoms with Gasteiger partial charge in [-0.3, -0.25) is 7.32 Å². The first-order valence-corrected chi connectivity index (χ1v) is 2.21. The molecule has 0 aliphatic heterocycles. The molecule has 0 aromatic heterocycles. The minimum Gasteiger partial charge on any atom is -0.907 e. The predicted molar refractivity (Wildman–Crippen MR) is 49.0 cm³/mol. The summed E-state index contributed by atoms with van der Waals surface area (Å²) < 4.78 is 0. The monoisotopic (exact) mass is 264 g/mol. The fourth-order valence-electron chi connectivity index (χ4n) is 0. The molecule has 15 heteroatoms. The standard InChI is InChI=1S/Al.BH3O3.BHO3.BO3.Mg.H4Si/c;3*2-1(3)4;;/h;2-4H;2H;;;1H4/q+3;;-2;-3;+2;. The van der Waals surface area contributed by atoms with Crippen LogP contribution in [0.25, 0.3) is 0 Å². The Morgan fingerprint density at radius 1 is 0.733 bits per heavy atom. The van der Waals surface area contributed by atoms with Gasteiger partial charge >= 0.3 is 47.7 Å². The summed E-state index contributed by atoms with van der Waals surface area (Å²) >= 11 is 0. The summed E-state index contributed by atoms with van der Waals surface area (Å²) in [5.41, 5.74) is 0. The molecule has 0 aliphatic carbocycles. The first kappa shape index (κ1) is 36.0. The van der Waals surface area contributed by atoms with Gasteiger partial charge in [0.2, 0.25) is 0 Å². The van der Waals surface area contributed by atoms with Crippen LogP contribution < -0.4 is 25.1 Å². The van der Waals surface area contributed by atoms with Crippen LogP contribution in [-0.4, -0.2) is 93.4 Å². The van der Waals surface area contributed by atoms with Gasteiger partial charge in [0, 0.05) is 0 Å². The van der Waals surface area contributed by atoms with E-state index in [9.17, 15) is 0 Å². The molecule has 0 rings (SSSR count). The van der Waals surface area contributed by atoms with E-state index in [1.165, 1.54) is 0 Å². The van der Waals surface area contributed by atoms with Crippen LogP contribution in [0.1, 0.15) is 0 Å². The van der Waals surface area contributed by atoms with Gasteiger partial charge < -0.3 is 45.2 Å². The van der Waals surface area contributed by atoms with Gasteiger partial charge in [-0.1, -0.05) is 0 Å². The second kappa shape index (κ2) is 29.5. The van der Waals surface area contributed by atoms with Crippen LogP contribution in [0.5, 0.6) is 0 Å². The molecule has 0 fully saturated rings. The molecule has 15 heavy (non-hydrogen) atoms. The normalized spacial score (nSPS) is 5.40. The van der Waals surface area contributed by atoms with E-state index in [2.05, 4.69) is 0 Å². The van der Waals surface area contributed by atoms with Gasteiger partial charge in [0.05, 0.1) is 7.32 Å². The quantitative estimate of drug-likeness (QED) is 0.307. The van der Waals surface area contributed by atoms with E-state index in [1.807, 2.05) is 0 Å². The summed E-state index contributed by atoms with van der Waals surface area (Å²) in [6.07, 6.45) is 0. The maximum atomic E-state index is 8.53. The van der Waals surface area contributed by atoms with Crippen molar-refractivity contribution in [2.24, 2.45) is 0 Å². The Hall–Kier alpha value is 1.35. The molecule has 0 heterocycles. The third kappa shape index (κ3) is 1500. The summed E-state index contributed by atoms with van der Waals surface area (Å²) in [5, 5.41) is 70.8. The van der Waals surface area contributed by atoms with Crippen molar-refractivity contribution in [2.45, 2.75) is 0 Å². The zero-order valence-corrected chi connectivity index (χ0v) is 9.42. The minimum absolute atomic E-state index is 0. The maximum absolute atomic E-state index is 8.53. The van der Waals surface area contributed by atoms with E-state index in [4.69, 9.17) is 45.2 Å². The van der Waals surface area contributed by atoms with Crippen molar-refractivity contribution in [3.8, 4) is 0 Å². The molecule has 9 nitrogen and oxygen atoms in total. The summed E-state index contributed by atoms with van der Waals surface area (Å²) in [4.78, 5) is 0. The molecule has 0 aromatic rings. The second-order valence-corrected chi connectivity index (χ2v) is 0.942. The Kier molecular flexibility index (Phi) is 70.7. The zero-order valence-electron chi connectivity index (χ0n) is 6.85. The van der Waals surface area contributed by atoms with Gasteiger partial charge in [-0.2, -0.15) is 0 Å². The summed E-state index contributed by atoms with van der Waals surface area (Å²) in [7, 11) is -7.75. The van der Waals surface area contributed by atoms with Gasteiger partial charge in [0.1, 0.15) is 0 Å². The van der Waals surface area contributed by atoms with Crippen molar-refractivity contribution in [3.05, 3.63) is 0 Å². The maximum Gasteiger partial charge on any atom is 3.00 e. The van der Waals surface area contributed by atoms with Crippen LogP contribution in [-0.2, 0) is 0 Å².